The molecule has 4 nitrogen and oxygen atoms in total. The van der Waals surface area contributed by atoms with E-state index >= 15 is 0 Å². The lowest BCUT2D eigenvalue weighted by molar-refractivity contribution is 0.324. The summed E-state index contributed by atoms with van der Waals surface area (Å²) in [6.07, 6.45) is 0. The third-order valence-electron chi connectivity index (χ3n) is 3.29. The number of benzene rings is 2. The van der Waals surface area contributed by atoms with Crippen molar-refractivity contribution in [2.24, 2.45) is 0 Å². The number of likely N-dealkylation sites (N-methyl/N-ethyl adjacent to an activating group) is 1. The lowest BCUT2D eigenvalue weighted by Crippen LogP contribution is -2.30. The summed E-state index contributed by atoms with van der Waals surface area (Å²) in [5.41, 5.74) is 1.60. The number of nitrogens with zero attached hydrogens (tertiary/aromatic N) is 1. The minimum atomic E-state index is -1.47. The van der Waals surface area contributed by atoms with Crippen LogP contribution in [0.25, 0.3) is 0 Å². The molecule has 0 radical (unpaired) electrons. The van der Waals surface area contributed by atoms with E-state index in [9.17, 15) is 0 Å². The van der Waals surface area contributed by atoms with E-state index in [1.165, 1.54) is 5.69 Å². The molecule has 0 saturated heterocycles. The van der Waals surface area contributed by atoms with Crippen LogP contribution >= 0.6 is 0 Å². The number of anilines is 1. The molecule has 0 amide bonds. The van der Waals surface area contributed by atoms with Crippen molar-refractivity contribution < 1.29 is 14.8 Å². The first kappa shape index (κ1) is 15.4. The molecule has 0 atom stereocenters. The molecule has 2 aromatic carbocycles. The van der Waals surface area contributed by atoms with Gasteiger partial charge >= 0.3 is 7.12 Å². The summed E-state index contributed by atoms with van der Waals surface area (Å²) in [5.74, 6) is 0.643. The maximum absolute atomic E-state index is 9.14. The molecule has 0 aliphatic carbocycles. The minimum Gasteiger partial charge on any atom is -0.492 e. The maximum Gasteiger partial charge on any atom is 0.488 e. The molecule has 2 rings (SSSR count). The van der Waals surface area contributed by atoms with Crippen LogP contribution in [0.2, 0.25) is 0 Å². The molecule has 5 heteroatoms. The third-order valence-corrected chi connectivity index (χ3v) is 3.29. The fourth-order valence-electron chi connectivity index (χ4n) is 2.15. The van der Waals surface area contributed by atoms with Gasteiger partial charge in [-0.05, 0) is 36.7 Å². The Bertz CT molecular complexity index is 548. The van der Waals surface area contributed by atoms with Crippen LogP contribution in [0.3, 0.4) is 0 Å². The highest BCUT2D eigenvalue weighted by Crippen LogP contribution is 2.13. The van der Waals surface area contributed by atoms with Crippen LogP contribution < -0.4 is 15.1 Å². The van der Waals surface area contributed by atoms with E-state index in [4.69, 9.17) is 14.8 Å². The molecule has 0 fully saturated rings. The molecule has 110 valence electrons. The van der Waals surface area contributed by atoms with Gasteiger partial charge in [-0.15, -0.1) is 0 Å². The molecule has 0 saturated carbocycles. The summed E-state index contributed by atoms with van der Waals surface area (Å²) in [5, 5.41) is 18.3. The second-order valence-corrected chi connectivity index (χ2v) is 4.71. The number of ether oxygens (including phenoxy) is 1. The van der Waals surface area contributed by atoms with E-state index in [-0.39, 0.29) is 0 Å². The smallest absolute Gasteiger partial charge is 0.488 e. The van der Waals surface area contributed by atoms with Crippen molar-refractivity contribution in [3.05, 3.63) is 54.6 Å². The van der Waals surface area contributed by atoms with Crippen molar-refractivity contribution >= 4 is 18.3 Å². The quantitative estimate of drug-likeness (QED) is 0.752. The second-order valence-electron chi connectivity index (χ2n) is 4.71. The lowest BCUT2D eigenvalue weighted by atomic mass is 9.80. The van der Waals surface area contributed by atoms with Gasteiger partial charge in [0.2, 0.25) is 0 Å². The van der Waals surface area contributed by atoms with Crippen molar-refractivity contribution in [3.8, 4) is 5.75 Å². The summed E-state index contributed by atoms with van der Waals surface area (Å²) in [7, 11) is -1.47. The Morgan fingerprint density at radius 2 is 1.81 bits per heavy atom. The van der Waals surface area contributed by atoms with Gasteiger partial charge in [0.1, 0.15) is 12.4 Å². The summed E-state index contributed by atoms with van der Waals surface area (Å²) >= 11 is 0. The molecule has 0 aliphatic heterocycles. The fourth-order valence-corrected chi connectivity index (χ4v) is 2.15. The fraction of sp³-hybridized carbons (Fsp3) is 0.250. The average molecular weight is 285 g/mol. The highest BCUT2D eigenvalue weighted by atomic mass is 16.5. The highest BCUT2D eigenvalue weighted by Gasteiger charge is 2.11. The maximum atomic E-state index is 9.14. The standard InChI is InChI=1S/C16H20BNO3/c1-2-18(15-8-4-3-5-9-15)11-12-21-16-10-6-7-14(13-16)17(19)20/h3-10,13,19-20H,2,11-12H2,1H3. The van der Waals surface area contributed by atoms with Crippen LogP contribution in [-0.4, -0.2) is 36.9 Å². The molecule has 2 N–H and O–H groups in total. The Balaban J connectivity index is 1.90. The van der Waals surface area contributed by atoms with Gasteiger partial charge in [0, 0.05) is 12.2 Å². The first-order chi connectivity index (χ1) is 10.2. The van der Waals surface area contributed by atoms with Crippen molar-refractivity contribution in [2.45, 2.75) is 6.92 Å². The Kier molecular flexibility index (Phi) is 5.66. The Morgan fingerprint density at radius 3 is 2.48 bits per heavy atom. The summed E-state index contributed by atoms with van der Waals surface area (Å²) in [6, 6.07) is 17.0. The van der Waals surface area contributed by atoms with E-state index in [0.717, 1.165) is 13.1 Å². The summed E-state index contributed by atoms with van der Waals surface area (Å²) in [6.45, 7) is 4.32. The first-order valence-electron chi connectivity index (χ1n) is 7.09. The number of hydrogen-bond acceptors (Lipinski definition) is 4. The zero-order valence-corrected chi connectivity index (χ0v) is 12.1. The highest BCUT2D eigenvalue weighted by molar-refractivity contribution is 6.58. The Hall–Kier alpha value is -1.98. The number of para-hydroxylation sites is 1. The van der Waals surface area contributed by atoms with Crippen LogP contribution in [-0.2, 0) is 0 Å². The average Bonchev–Trinajstić information content (AvgIpc) is 2.53. The van der Waals surface area contributed by atoms with Gasteiger partial charge in [-0.2, -0.15) is 0 Å². The predicted molar refractivity (Wildman–Crippen MR) is 86.1 cm³/mol. The SMILES string of the molecule is CCN(CCOc1cccc(B(O)O)c1)c1ccccc1. The molecule has 0 aromatic heterocycles. The van der Waals surface area contributed by atoms with Gasteiger partial charge in [0.15, 0.2) is 0 Å². The van der Waals surface area contributed by atoms with Crippen LogP contribution in [0, 0.1) is 0 Å². The monoisotopic (exact) mass is 285 g/mol. The molecular weight excluding hydrogens is 265 g/mol. The van der Waals surface area contributed by atoms with Crippen molar-refractivity contribution in [3.63, 3.8) is 0 Å². The lowest BCUT2D eigenvalue weighted by Gasteiger charge is -2.23. The van der Waals surface area contributed by atoms with Crippen LogP contribution in [0.5, 0.6) is 5.75 Å². The molecular formula is C16H20BNO3. The second kappa shape index (κ2) is 7.71. The molecule has 2 aromatic rings. The molecule has 0 bridgehead atoms. The molecule has 0 heterocycles. The number of rotatable bonds is 7. The summed E-state index contributed by atoms with van der Waals surface area (Å²) in [4.78, 5) is 2.23. The minimum absolute atomic E-state index is 0.433. The van der Waals surface area contributed by atoms with Crippen LogP contribution in [0.1, 0.15) is 6.92 Å². The van der Waals surface area contributed by atoms with Gasteiger partial charge < -0.3 is 19.7 Å². The van der Waals surface area contributed by atoms with E-state index in [1.54, 1.807) is 18.2 Å². The van der Waals surface area contributed by atoms with Gasteiger partial charge in [0.25, 0.3) is 0 Å². The van der Waals surface area contributed by atoms with E-state index in [2.05, 4.69) is 24.0 Å². The third kappa shape index (κ3) is 4.51. The van der Waals surface area contributed by atoms with E-state index in [0.29, 0.717) is 17.8 Å². The Morgan fingerprint density at radius 1 is 1.05 bits per heavy atom. The number of hydrogen-bond donors (Lipinski definition) is 2. The zero-order chi connectivity index (χ0) is 15.1. The summed E-state index contributed by atoms with van der Waals surface area (Å²) < 4.78 is 5.69. The van der Waals surface area contributed by atoms with Gasteiger partial charge in [-0.25, -0.2) is 0 Å². The van der Waals surface area contributed by atoms with Crippen molar-refractivity contribution in [1.82, 2.24) is 0 Å². The first-order valence-corrected chi connectivity index (χ1v) is 7.09. The zero-order valence-electron chi connectivity index (χ0n) is 12.1. The van der Waals surface area contributed by atoms with E-state index < -0.39 is 7.12 Å². The van der Waals surface area contributed by atoms with Crippen molar-refractivity contribution in [2.75, 3.05) is 24.6 Å². The van der Waals surface area contributed by atoms with Gasteiger partial charge in [0.05, 0.1) is 6.54 Å². The van der Waals surface area contributed by atoms with Gasteiger partial charge in [-0.3, -0.25) is 0 Å². The Labute approximate surface area is 125 Å². The van der Waals surface area contributed by atoms with E-state index in [1.807, 2.05) is 24.3 Å². The van der Waals surface area contributed by atoms with Gasteiger partial charge in [-0.1, -0.05) is 30.3 Å². The molecule has 21 heavy (non-hydrogen) atoms. The topological polar surface area (TPSA) is 52.9 Å². The van der Waals surface area contributed by atoms with Crippen LogP contribution in [0.4, 0.5) is 5.69 Å². The molecule has 0 unspecified atom stereocenters. The van der Waals surface area contributed by atoms with Crippen molar-refractivity contribution in [1.29, 1.82) is 0 Å². The largest absolute Gasteiger partial charge is 0.492 e. The van der Waals surface area contributed by atoms with Crippen LogP contribution in [0.15, 0.2) is 54.6 Å². The predicted octanol–water partition coefficient (Wildman–Crippen LogP) is 1.27. The normalized spacial score (nSPS) is 10.2. The molecule has 0 aliphatic rings. The molecule has 0 spiro atoms.